The number of nitrogens with zero attached hydrogens (tertiary/aromatic N) is 1. The number of hydrogen-bond donors (Lipinski definition) is 2. The van der Waals surface area contributed by atoms with Gasteiger partial charge in [-0.2, -0.15) is 0 Å². The van der Waals surface area contributed by atoms with Crippen molar-refractivity contribution in [3.05, 3.63) is 64.7 Å². The van der Waals surface area contributed by atoms with Crippen LogP contribution in [-0.4, -0.2) is 50.0 Å². The van der Waals surface area contributed by atoms with E-state index < -0.39 is 0 Å². The smallest absolute Gasteiger partial charge is 0.251 e. The van der Waals surface area contributed by atoms with Crippen LogP contribution >= 0.6 is 0 Å². The van der Waals surface area contributed by atoms with Crippen LogP contribution in [0.2, 0.25) is 0 Å². The third-order valence-corrected chi connectivity index (χ3v) is 5.47. The quantitative estimate of drug-likeness (QED) is 0.703. The van der Waals surface area contributed by atoms with E-state index in [4.69, 9.17) is 4.74 Å². The summed E-state index contributed by atoms with van der Waals surface area (Å²) in [6, 6.07) is 13.6. The Morgan fingerprint density at radius 1 is 1.03 bits per heavy atom. The number of nitrogens with one attached hydrogen (secondary N) is 2. The lowest BCUT2D eigenvalue weighted by Gasteiger charge is -2.29. The minimum absolute atomic E-state index is 0.0442. The molecule has 2 aromatic carbocycles. The van der Waals surface area contributed by atoms with Crippen molar-refractivity contribution in [1.82, 2.24) is 15.5 Å². The standard InChI is InChI=1S/C24H31N3O3/c1-17-12-18(2)14-19(13-17)24(29)26-16-23(28)25-15-21(27-10-6-7-11-27)20-8-4-5-9-22(20)30-3/h4-5,8-9,12-14,21H,6-7,10-11,15-16H2,1-3H3,(H,25,28)(H,26,29). The van der Waals surface area contributed by atoms with E-state index in [0.29, 0.717) is 12.1 Å². The fraction of sp³-hybridized carbons (Fsp3) is 0.417. The lowest BCUT2D eigenvalue weighted by molar-refractivity contribution is -0.120. The maximum Gasteiger partial charge on any atom is 0.251 e. The van der Waals surface area contributed by atoms with E-state index >= 15 is 0 Å². The molecule has 1 heterocycles. The van der Waals surface area contributed by atoms with Gasteiger partial charge in [-0.25, -0.2) is 0 Å². The molecule has 2 aromatic rings. The average Bonchev–Trinajstić information content (AvgIpc) is 3.26. The lowest BCUT2D eigenvalue weighted by Crippen LogP contribution is -2.41. The van der Waals surface area contributed by atoms with Crippen LogP contribution in [0.4, 0.5) is 0 Å². The Morgan fingerprint density at radius 2 is 1.70 bits per heavy atom. The van der Waals surface area contributed by atoms with Crippen LogP contribution in [0.5, 0.6) is 5.75 Å². The molecule has 30 heavy (non-hydrogen) atoms. The molecule has 1 aliphatic rings. The third-order valence-electron chi connectivity index (χ3n) is 5.47. The molecule has 160 valence electrons. The van der Waals surface area contributed by atoms with Crippen molar-refractivity contribution in [1.29, 1.82) is 0 Å². The molecule has 2 amide bonds. The first-order valence-corrected chi connectivity index (χ1v) is 10.5. The molecule has 0 aliphatic carbocycles. The lowest BCUT2D eigenvalue weighted by atomic mass is 10.0. The summed E-state index contributed by atoms with van der Waals surface area (Å²) in [4.78, 5) is 27.2. The number of rotatable bonds is 8. The van der Waals surface area contributed by atoms with Gasteiger partial charge < -0.3 is 15.4 Å². The Kier molecular flexibility index (Phi) is 7.46. The zero-order chi connectivity index (χ0) is 21.5. The van der Waals surface area contributed by atoms with Crippen LogP contribution in [0.25, 0.3) is 0 Å². The van der Waals surface area contributed by atoms with Gasteiger partial charge in [-0.15, -0.1) is 0 Å². The molecule has 2 N–H and O–H groups in total. The van der Waals surface area contributed by atoms with Crippen molar-refractivity contribution in [2.24, 2.45) is 0 Å². The minimum Gasteiger partial charge on any atom is -0.496 e. The van der Waals surface area contributed by atoms with Crippen molar-refractivity contribution in [3.63, 3.8) is 0 Å². The molecule has 0 aromatic heterocycles. The molecule has 0 radical (unpaired) electrons. The first kappa shape index (κ1) is 21.8. The van der Waals surface area contributed by atoms with Gasteiger partial charge in [0.15, 0.2) is 0 Å². The fourth-order valence-corrected chi connectivity index (χ4v) is 4.07. The summed E-state index contributed by atoms with van der Waals surface area (Å²) in [5.74, 6) is 0.386. The summed E-state index contributed by atoms with van der Waals surface area (Å²) in [5.41, 5.74) is 3.69. The minimum atomic E-state index is -0.238. The van der Waals surface area contributed by atoms with E-state index in [1.807, 2.05) is 50.2 Å². The number of para-hydroxylation sites is 1. The topological polar surface area (TPSA) is 70.7 Å². The summed E-state index contributed by atoms with van der Waals surface area (Å²) in [5, 5.41) is 5.71. The van der Waals surface area contributed by atoms with Gasteiger partial charge in [0.1, 0.15) is 5.75 Å². The van der Waals surface area contributed by atoms with Crippen LogP contribution in [0.15, 0.2) is 42.5 Å². The van der Waals surface area contributed by atoms with Crippen LogP contribution in [-0.2, 0) is 4.79 Å². The number of methoxy groups -OCH3 is 1. The predicted octanol–water partition coefficient (Wildman–Crippen LogP) is 3.00. The van der Waals surface area contributed by atoms with Crippen LogP contribution in [0.3, 0.4) is 0 Å². The summed E-state index contributed by atoms with van der Waals surface area (Å²) >= 11 is 0. The molecule has 6 nitrogen and oxygen atoms in total. The number of aryl methyl sites for hydroxylation is 2. The maximum atomic E-state index is 12.4. The fourth-order valence-electron chi connectivity index (χ4n) is 4.07. The zero-order valence-corrected chi connectivity index (χ0v) is 18.0. The second kappa shape index (κ2) is 10.3. The summed E-state index contributed by atoms with van der Waals surface area (Å²) < 4.78 is 5.54. The number of carbonyl (C=O) groups excluding carboxylic acids is 2. The second-order valence-electron chi connectivity index (χ2n) is 7.86. The van der Waals surface area contributed by atoms with E-state index in [9.17, 15) is 9.59 Å². The molecular formula is C24H31N3O3. The highest BCUT2D eigenvalue weighted by Crippen LogP contribution is 2.31. The first-order valence-electron chi connectivity index (χ1n) is 10.5. The van der Waals surface area contributed by atoms with Crippen molar-refractivity contribution < 1.29 is 14.3 Å². The van der Waals surface area contributed by atoms with Gasteiger partial charge in [0.25, 0.3) is 5.91 Å². The van der Waals surface area contributed by atoms with E-state index in [1.54, 1.807) is 7.11 Å². The monoisotopic (exact) mass is 409 g/mol. The highest BCUT2D eigenvalue weighted by Gasteiger charge is 2.26. The maximum absolute atomic E-state index is 12.4. The van der Waals surface area contributed by atoms with Crippen LogP contribution in [0, 0.1) is 13.8 Å². The van der Waals surface area contributed by atoms with Gasteiger partial charge in [-0.3, -0.25) is 14.5 Å². The summed E-state index contributed by atoms with van der Waals surface area (Å²) in [6.45, 7) is 6.33. The van der Waals surface area contributed by atoms with E-state index in [-0.39, 0.29) is 24.4 Å². The number of hydrogen-bond acceptors (Lipinski definition) is 4. The van der Waals surface area contributed by atoms with E-state index in [0.717, 1.165) is 48.4 Å². The first-order chi connectivity index (χ1) is 14.5. The summed E-state index contributed by atoms with van der Waals surface area (Å²) in [7, 11) is 1.67. The molecule has 3 rings (SSSR count). The van der Waals surface area contributed by atoms with Crippen LogP contribution < -0.4 is 15.4 Å². The number of likely N-dealkylation sites (tertiary alicyclic amines) is 1. The highest BCUT2D eigenvalue weighted by atomic mass is 16.5. The van der Waals surface area contributed by atoms with Crippen molar-refractivity contribution in [3.8, 4) is 5.75 Å². The van der Waals surface area contributed by atoms with Gasteiger partial charge >= 0.3 is 0 Å². The Hall–Kier alpha value is -2.86. The van der Waals surface area contributed by atoms with Crippen molar-refractivity contribution in [2.45, 2.75) is 32.7 Å². The Balaban J connectivity index is 1.59. The molecule has 0 saturated carbocycles. The molecule has 1 saturated heterocycles. The third kappa shape index (κ3) is 5.60. The van der Waals surface area contributed by atoms with Gasteiger partial charge in [-0.05, 0) is 58.0 Å². The number of carbonyl (C=O) groups is 2. The number of benzene rings is 2. The Bertz CT molecular complexity index is 871. The molecule has 1 atom stereocenters. The van der Waals surface area contributed by atoms with E-state index in [2.05, 4.69) is 21.6 Å². The van der Waals surface area contributed by atoms with Gasteiger partial charge in [0.2, 0.25) is 5.91 Å². The SMILES string of the molecule is COc1ccccc1C(CNC(=O)CNC(=O)c1cc(C)cc(C)c1)N1CCCC1. The molecule has 1 fully saturated rings. The Labute approximate surface area is 178 Å². The molecule has 1 aliphatic heterocycles. The molecule has 0 bridgehead atoms. The van der Waals surface area contributed by atoms with Gasteiger partial charge in [0, 0.05) is 17.7 Å². The molecular weight excluding hydrogens is 378 g/mol. The summed E-state index contributed by atoms with van der Waals surface area (Å²) in [6.07, 6.45) is 2.32. The van der Waals surface area contributed by atoms with Crippen molar-refractivity contribution in [2.75, 3.05) is 33.3 Å². The Morgan fingerprint density at radius 3 is 2.37 bits per heavy atom. The highest BCUT2D eigenvalue weighted by molar-refractivity contribution is 5.96. The molecule has 1 unspecified atom stereocenters. The number of amides is 2. The molecule has 6 heteroatoms. The average molecular weight is 410 g/mol. The number of ether oxygens (including phenoxy) is 1. The predicted molar refractivity (Wildman–Crippen MR) is 118 cm³/mol. The van der Waals surface area contributed by atoms with Gasteiger partial charge in [0.05, 0.1) is 19.7 Å². The zero-order valence-electron chi connectivity index (χ0n) is 18.0. The second-order valence-corrected chi connectivity index (χ2v) is 7.86. The molecule has 0 spiro atoms. The van der Waals surface area contributed by atoms with Crippen LogP contribution in [0.1, 0.15) is 45.9 Å². The van der Waals surface area contributed by atoms with E-state index in [1.165, 1.54) is 0 Å². The van der Waals surface area contributed by atoms with Gasteiger partial charge in [-0.1, -0.05) is 35.4 Å². The largest absolute Gasteiger partial charge is 0.496 e. The van der Waals surface area contributed by atoms with Crippen molar-refractivity contribution >= 4 is 11.8 Å². The normalized spacial score (nSPS) is 14.9.